The fraction of sp³-hybridized carbons (Fsp3) is 0.107. The number of aryl methyl sites for hydroxylation is 1. The molecular weight excluding hydrogens is 412 g/mol. The fourth-order valence-electron chi connectivity index (χ4n) is 4.13. The molecule has 154 valence electrons. The number of carbonyl (C=O) groups is 1. The number of nitrogens with zero attached hydrogens (tertiary/aromatic N) is 2. The van der Waals surface area contributed by atoms with Gasteiger partial charge in [0, 0.05) is 16.7 Å². The highest BCUT2D eigenvalue weighted by Gasteiger charge is 2.30. The molecule has 1 unspecified atom stereocenters. The van der Waals surface area contributed by atoms with Gasteiger partial charge in [-0.1, -0.05) is 96.7 Å². The molecule has 0 radical (unpaired) electrons. The van der Waals surface area contributed by atoms with Crippen LogP contribution in [0.4, 0.5) is 0 Å². The van der Waals surface area contributed by atoms with Gasteiger partial charge in [-0.05, 0) is 30.0 Å². The Kier molecular flexibility index (Phi) is 5.58. The van der Waals surface area contributed by atoms with E-state index in [0.29, 0.717) is 10.6 Å². The van der Waals surface area contributed by atoms with Crippen LogP contribution in [0.5, 0.6) is 0 Å². The maximum Gasteiger partial charge on any atom is 0.176 e. The van der Waals surface area contributed by atoms with Crippen LogP contribution in [0.25, 0.3) is 22.4 Å². The number of pyridine rings is 1. The number of aromatic nitrogens is 1. The number of hydrogen-bond acceptors (Lipinski definition) is 4. The molecule has 1 atom stereocenters. The zero-order chi connectivity index (χ0) is 21.9. The molecule has 1 aliphatic rings. The molecule has 0 N–H and O–H groups in total. The van der Waals surface area contributed by atoms with Gasteiger partial charge in [0.1, 0.15) is 11.1 Å². The first kappa shape index (κ1) is 20.2. The molecular formula is C28H20N2OS. The first-order valence-corrected chi connectivity index (χ1v) is 11.5. The van der Waals surface area contributed by atoms with Crippen LogP contribution in [-0.4, -0.2) is 16.0 Å². The molecule has 1 aliphatic carbocycles. The summed E-state index contributed by atoms with van der Waals surface area (Å²) < 4.78 is 0. The van der Waals surface area contributed by atoms with Crippen molar-refractivity contribution in [2.24, 2.45) is 0 Å². The van der Waals surface area contributed by atoms with Crippen molar-refractivity contribution in [2.75, 3.05) is 0 Å². The molecule has 1 aromatic heterocycles. The van der Waals surface area contributed by atoms with Gasteiger partial charge in [-0.2, -0.15) is 5.26 Å². The third-order valence-electron chi connectivity index (χ3n) is 5.76. The quantitative estimate of drug-likeness (QED) is 0.366. The van der Waals surface area contributed by atoms with Gasteiger partial charge in [-0.15, -0.1) is 0 Å². The number of hydrogen-bond donors (Lipinski definition) is 0. The van der Waals surface area contributed by atoms with E-state index in [0.717, 1.165) is 46.4 Å². The number of thioether (sulfide) groups is 1. The van der Waals surface area contributed by atoms with Gasteiger partial charge >= 0.3 is 0 Å². The van der Waals surface area contributed by atoms with Crippen LogP contribution in [0.15, 0.2) is 96.0 Å². The highest BCUT2D eigenvalue weighted by atomic mass is 32.2. The Bertz CT molecular complexity index is 1330. The van der Waals surface area contributed by atoms with Crippen LogP contribution >= 0.6 is 11.8 Å². The molecule has 0 bridgehead atoms. The number of nitriles is 1. The Morgan fingerprint density at radius 3 is 2.22 bits per heavy atom. The van der Waals surface area contributed by atoms with Crippen molar-refractivity contribution < 1.29 is 4.79 Å². The predicted octanol–water partition coefficient (Wildman–Crippen LogP) is 6.58. The lowest BCUT2D eigenvalue weighted by molar-refractivity contribution is 0.0979. The molecule has 0 saturated carbocycles. The van der Waals surface area contributed by atoms with E-state index < -0.39 is 0 Å². The van der Waals surface area contributed by atoms with Crippen molar-refractivity contribution in [3.8, 4) is 28.5 Å². The number of Topliss-reactive ketones (excluding diaryl/α,β-unsaturated/α-hetero) is 1. The van der Waals surface area contributed by atoms with Gasteiger partial charge in [0.2, 0.25) is 0 Å². The molecule has 0 saturated heterocycles. The predicted molar refractivity (Wildman–Crippen MR) is 129 cm³/mol. The Morgan fingerprint density at radius 2 is 1.50 bits per heavy atom. The van der Waals surface area contributed by atoms with Gasteiger partial charge in [-0.3, -0.25) is 4.79 Å². The van der Waals surface area contributed by atoms with Crippen molar-refractivity contribution in [3.63, 3.8) is 0 Å². The lowest BCUT2D eigenvalue weighted by atomic mass is 9.90. The van der Waals surface area contributed by atoms with E-state index in [1.54, 1.807) is 0 Å². The molecule has 0 aliphatic heterocycles. The molecule has 3 aromatic carbocycles. The summed E-state index contributed by atoms with van der Waals surface area (Å²) in [6.45, 7) is 0. The standard InChI is InChI=1S/C28H20N2OS/c29-18-24-23(19-9-3-1-4-10-19)17-25(21-12-5-2-6-13-21)30-28(24)32-26-16-15-20-11-7-8-14-22(20)27(26)31/h1-14,17,26H,15-16H2. The smallest absolute Gasteiger partial charge is 0.176 e. The summed E-state index contributed by atoms with van der Waals surface area (Å²) >= 11 is 1.42. The maximum absolute atomic E-state index is 13.2. The topological polar surface area (TPSA) is 53.8 Å². The van der Waals surface area contributed by atoms with Gasteiger partial charge < -0.3 is 0 Å². The van der Waals surface area contributed by atoms with E-state index >= 15 is 0 Å². The van der Waals surface area contributed by atoms with Crippen molar-refractivity contribution in [3.05, 3.63) is 108 Å². The van der Waals surface area contributed by atoms with E-state index in [1.807, 2.05) is 91.0 Å². The van der Waals surface area contributed by atoms with Gasteiger partial charge in [0.25, 0.3) is 0 Å². The third kappa shape index (κ3) is 3.84. The first-order chi connectivity index (χ1) is 15.7. The second kappa shape index (κ2) is 8.82. The SMILES string of the molecule is N#Cc1c(-c2ccccc2)cc(-c2ccccc2)nc1SC1CCc2ccccc2C1=O. The summed E-state index contributed by atoms with van der Waals surface area (Å²) in [6, 6.07) is 32.0. The lowest BCUT2D eigenvalue weighted by Crippen LogP contribution is -2.25. The summed E-state index contributed by atoms with van der Waals surface area (Å²) in [6.07, 6.45) is 1.59. The van der Waals surface area contributed by atoms with Gasteiger partial charge in [-0.25, -0.2) is 4.98 Å². The van der Waals surface area contributed by atoms with Crippen LogP contribution in [0.3, 0.4) is 0 Å². The van der Waals surface area contributed by atoms with Crippen LogP contribution in [0, 0.1) is 11.3 Å². The zero-order valence-electron chi connectivity index (χ0n) is 17.4. The Balaban J connectivity index is 1.61. The summed E-state index contributed by atoms with van der Waals surface area (Å²) in [5.74, 6) is 0.119. The highest BCUT2D eigenvalue weighted by molar-refractivity contribution is 8.00. The van der Waals surface area contributed by atoms with E-state index in [2.05, 4.69) is 6.07 Å². The van der Waals surface area contributed by atoms with Crippen molar-refractivity contribution >= 4 is 17.5 Å². The number of fused-ring (bicyclic) bond motifs is 1. The van der Waals surface area contributed by atoms with E-state index in [9.17, 15) is 10.1 Å². The molecule has 4 aromatic rings. The van der Waals surface area contributed by atoms with Crippen LogP contribution in [0.2, 0.25) is 0 Å². The summed E-state index contributed by atoms with van der Waals surface area (Å²) in [7, 11) is 0. The highest BCUT2D eigenvalue weighted by Crippen LogP contribution is 2.39. The largest absolute Gasteiger partial charge is 0.293 e. The average Bonchev–Trinajstić information content (AvgIpc) is 2.86. The second-order valence-corrected chi connectivity index (χ2v) is 8.94. The molecule has 32 heavy (non-hydrogen) atoms. The summed E-state index contributed by atoms with van der Waals surface area (Å²) in [5.41, 5.74) is 6.00. The monoisotopic (exact) mass is 432 g/mol. The number of rotatable bonds is 4. The van der Waals surface area contributed by atoms with E-state index in [-0.39, 0.29) is 11.0 Å². The van der Waals surface area contributed by atoms with E-state index in [4.69, 9.17) is 4.98 Å². The molecule has 1 heterocycles. The fourth-order valence-corrected chi connectivity index (χ4v) is 5.30. The first-order valence-electron chi connectivity index (χ1n) is 10.6. The van der Waals surface area contributed by atoms with Crippen molar-refractivity contribution in [2.45, 2.75) is 23.1 Å². The Morgan fingerprint density at radius 1 is 0.844 bits per heavy atom. The summed E-state index contributed by atoms with van der Waals surface area (Å²) in [5, 5.41) is 10.5. The molecule has 3 nitrogen and oxygen atoms in total. The van der Waals surface area contributed by atoms with Crippen molar-refractivity contribution in [1.82, 2.24) is 4.98 Å². The molecule has 5 rings (SSSR count). The zero-order valence-corrected chi connectivity index (χ0v) is 18.2. The minimum atomic E-state index is -0.251. The minimum absolute atomic E-state index is 0.119. The second-order valence-electron chi connectivity index (χ2n) is 7.75. The van der Waals surface area contributed by atoms with Crippen LogP contribution in [0.1, 0.15) is 27.9 Å². The Labute approximate surface area is 191 Å². The van der Waals surface area contributed by atoms with Crippen LogP contribution in [-0.2, 0) is 6.42 Å². The normalized spacial score (nSPS) is 15.1. The minimum Gasteiger partial charge on any atom is -0.293 e. The average molecular weight is 433 g/mol. The van der Waals surface area contributed by atoms with E-state index in [1.165, 1.54) is 11.8 Å². The Hall–Kier alpha value is -3.68. The number of carbonyl (C=O) groups excluding carboxylic acids is 1. The summed E-state index contributed by atoms with van der Waals surface area (Å²) in [4.78, 5) is 18.1. The molecule has 0 amide bonds. The number of ketones is 1. The van der Waals surface area contributed by atoms with Crippen LogP contribution < -0.4 is 0 Å². The van der Waals surface area contributed by atoms with Gasteiger partial charge in [0.05, 0.1) is 16.5 Å². The molecule has 4 heteroatoms. The third-order valence-corrected chi connectivity index (χ3v) is 7.01. The van der Waals surface area contributed by atoms with Crippen molar-refractivity contribution in [1.29, 1.82) is 5.26 Å². The lowest BCUT2D eigenvalue weighted by Gasteiger charge is -2.23. The molecule has 0 spiro atoms. The maximum atomic E-state index is 13.2. The van der Waals surface area contributed by atoms with Gasteiger partial charge in [0.15, 0.2) is 5.78 Å². The number of benzene rings is 3. The molecule has 0 fully saturated rings.